The van der Waals surface area contributed by atoms with E-state index in [1.54, 1.807) is 31.3 Å². The predicted molar refractivity (Wildman–Crippen MR) is 92.5 cm³/mol. The normalized spacial score (nSPS) is 11.1. The van der Waals surface area contributed by atoms with Crippen LogP contribution in [0.15, 0.2) is 53.4 Å². The zero-order chi connectivity index (χ0) is 17.7. The lowest BCUT2D eigenvalue weighted by Crippen LogP contribution is -2.24. The average Bonchev–Trinajstić information content (AvgIpc) is 2.59. The van der Waals surface area contributed by atoms with Crippen LogP contribution < -0.4 is 14.4 Å². The molecule has 0 aliphatic heterocycles. The molecule has 0 saturated carbocycles. The quantitative estimate of drug-likeness (QED) is 0.868. The summed E-state index contributed by atoms with van der Waals surface area (Å²) in [6.45, 7) is 1.57. The van der Waals surface area contributed by atoms with Gasteiger partial charge in [-0.25, -0.2) is 13.1 Å². The van der Waals surface area contributed by atoms with Crippen LogP contribution in [0.2, 0.25) is 0 Å². The number of anilines is 1. The predicted octanol–water partition coefficient (Wildman–Crippen LogP) is 2.16. The first-order chi connectivity index (χ1) is 11.3. The fraction of sp³-hybridized carbons (Fsp3) is 0.235. The van der Waals surface area contributed by atoms with Gasteiger partial charge in [-0.3, -0.25) is 4.79 Å². The Bertz CT molecular complexity index is 817. The van der Waals surface area contributed by atoms with Crippen molar-refractivity contribution in [3.63, 3.8) is 0 Å². The van der Waals surface area contributed by atoms with E-state index in [2.05, 4.69) is 4.72 Å². The molecule has 1 amide bonds. The van der Waals surface area contributed by atoms with E-state index in [1.807, 2.05) is 12.1 Å². The molecule has 2 rings (SSSR count). The number of hydrogen-bond acceptors (Lipinski definition) is 4. The number of amides is 1. The van der Waals surface area contributed by atoms with Gasteiger partial charge in [0.25, 0.3) is 0 Å². The molecule has 2 aromatic rings. The van der Waals surface area contributed by atoms with Crippen molar-refractivity contribution in [1.29, 1.82) is 0 Å². The van der Waals surface area contributed by atoms with Crippen LogP contribution >= 0.6 is 0 Å². The van der Waals surface area contributed by atoms with Gasteiger partial charge in [0.15, 0.2) is 0 Å². The molecule has 0 radical (unpaired) electrons. The Morgan fingerprint density at radius 1 is 1.12 bits per heavy atom. The number of methoxy groups -OCH3 is 1. The topological polar surface area (TPSA) is 75.7 Å². The molecular weight excluding hydrogens is 328 g/mol. The molecule has 24 heavy (non-hydrogen) atoms. The molecule has 0 aliphatic carbocycles. The Morgan fingerprint density at radius 3 is 2.33 bits per heavy atom. The highest BCUT2D eigenvalue weighted by atomic mass is 32.2. The Hall–Kier alpha value is -2.38. The number of ether oxygens (including phenoxy) is 1. The maximum Gasteiger partial charge on any atom is 0.240 e. The summed E-state index contributed by atoms with van der Waals surface area (Å²) in [6, 6.07) is 13.3. The number of nitrogens with zero attached hydrogens (tertiary/aromatic N) is 1. The van der Waals surface area contributed by atoms with E-state index in [1.165, 1.54) is 31.1 Å². The average molecular weight is 348 g/mol. The van der Waals surface area contributed by atoms with Gasteiger partial charge in [0.2, 0.25) is 15.9 Å². The first kappa shape index (κ1) is 18.0. The minimum Gasteiger partial charge on any atom is -0.496 e. The molecule has 0 aromatic heterocycles. The number of sulfonamides is 1. The summed E-state index contributed by atoms with van der Waals surface area (Å²) in [7, 11) is -0.485. The highest BCUT2D eigenvalue weighted by Gasteiger charge is 2.15. The van der Waals surface area contributed by atoms with Gasteiger partial charge in [0.1, 0.15) is 5.75 Å². The highest BCUT2D eigenvalue weighted by molar-refractivity contribution is 7.89. The van der Waals surface area contributed by atoms with Crippen molar-refractivity contribution in [2.75, 3.05) is 19.1 Å². The first-order valence-electron chi connectivity index (χ1n) is 7.31. The lowest BCUT2D eigenvalue weighted by Gasteiger charge is -2.15. The monoisotopic (exact) mass is 348 g/mol. The molecule has 128 valence electrons. The van der Waals surface area contributed by atoms with E-state index in [0.29, 0.717) is 11.4 Å². The van der Waals surface area contributed by atoms with Crippen LogP contribution in [0.1, 0.15) is 12.5 Å². The van der Waals surface area contributed by atoms with Crippen LogP contribution in [0.5, 0.6) is 5.75 Å². The number of nitrogens with one attached hydrogen (secondary N) is 1. The summed E-state index contributed by atoms with van der Waals surface area (Å²) in [6.07, 6.45) is 0. The molecule has 1 N–H and O–H groups in total. The molecule has 7 heteroatoms. The summed E-state index contributed by atoms with van der Waals surface area (Å²) in [5, 5.41) is 0. The van der Waals surface area contributed by atoms with Gasteiger partial charge < -0.3 is 9.64 Å². The third-order valence-corrected chi connectivity index (χ3v) is 5.07. The van der Waals surface area contributed by atoms with Crippen LogP contribution in [0.25, 0.3) is 0 Å². The summed E-state index contributed by atoms with van der Waals surface area (Å²) in [5.41, 5.74) is 1.38. The second kappa shape index (κ2) is 7.46. The summed E-state index contributed by atoms with van der Waals surface area (Å²) >= 11 is 0. The molecule has 2 aromatic carbocycles. The van der Waals surface area contributed by atoms with E-state index in [0.717, 1.165) is 5.56 Å². The number of hydrogen-bond donors (Lipinski definition) is 1. The first-order valence-corrected chi connectivity index (χ1v) is 8.79. The van der Waals surface area contributed by atoms with Gasteiger partial charge in [-0.15, -0.1) is 0 Å². The van der Waals surface area contributed by atoms with Crippen molar-refractivity contribution in [2.45, 2.75) is 18.4 Å². The smallest absolute Gasteiger partial charge is 0.240 e. The zero-order valence-electron chi connectivity index (χ0n) is 13.8. The molecule has 0 heterocycles. The summed E-state index contributed by atoms with van der Waals surface area (Å²) in [5.74, 6) is 0.499. The maximum atomic E-state index is 12.4. The summed E-state index contributed by atoms with van der Waals surface area (Å²) in [4.78, 5) is 12.9. The van der Waals surface area contributed by atoms with Crippen molar-refractivity contribution in [2.24, 2.45) is 0 Å². The zero-order valence-corrected chi connectivity index (χ0v) is 14.6. The van der Waals surface area contributed by atoms with Crippen LogP contribution in [-0.4, -0.2) is 28.5 Å². The number of carbonyl (C=O) groups excluding carboxylic acids is 1. The Labute approximate surface area is 142 Å². The van der Waals surface area contributed by atoms with Gasteiger partial charge in [-0.1, -0.05) is 18.2 Å². The fourth-order valence-corrected chi connectivity index (χ4v) is 3.14. The molecule has 0 aliphatic rings. The Balaban J connectivity index is 2.14. The molecule has 0 unspecified atom stereocenters. The molecule has 0 bridgehead atoms. The largest absolute Gasteiger partial charge is 0.496 e. The highest BCUT2D eigenvalue weighted by Crippen LogP contribution is 2.20. The number of rotatable bonds is 6. The van der Waals surface area contributed by atoms with Gasteiger partial charge in [-0.05, 0) is 30.3 Å². The van der Waals surface area contributed by atoms with E-state index in [9.17, 15) is 13.2 Å². The number of para-hydroxylation sites is 1. The van der Waals surface area contributed by atoms with Crippen LogP contribution in [0.4, 0.5) is 5.69 Å². The molecule has 0 spiro atoms. The lowest BCUT2D eigenvalue weighted by molar-refractivity contribution is -0.116. The third kappa shape index (κ3) is 4.12. The van der Waals surface area contributed by atoms with Gasteiger partial charge in [0.05, 0.1) is 12.0 Å². The third-order valence-electron chi connectivity index (χ3n) is 3.65. The fourth-order valence-electron chi connectivity index (χ4n) is 2.14. The molecule has 0 fully saturated rings. The second-order valence-corrected chi connectivity index (χ2v) is 6.98. The minimum atomic E-state index is -3.66. The molecular formula is C17H20N2O4S. The Kier molecular flexibility index (Phi) is 5.58. The van der Waals surface area contributed by atoms with E-state index < -0.39 is 10.0 Å². The minimum absolute atomic E-state index is 0.125. The van der Waals surface area contributed by atoms with Crippen molar-refractivity contribution >= 4 is 21.6 Å². The van der Waals surface area contributed by atoms with Crippen molar-refractivity contribution in [1.82, 2.24) is 4.72 Å². The maximum absolute atomic E-state index is 12.4. The van der Waals surface area contributed by atoms with Crippen molar-refractivity contribution in [3.8, 4) is 5.75 Å². The van der Waals surface area contributed by atoms with E-state index in [4.69, 9.17) is 4.74 Å². The van der Waals surface area contributed by atoms with E-state index in [-0.39, 0.29) is 17.3 Å². The summed E-state index contributed by atoms with van der Waals surface area (Å²) < 4.78 is 32.5. The van der Waals surface area contributed by atoms with Crippen molar-refractivity contribution in [3.05, 3.63) is 54.1 Å². The second-order valence-electron chi connectivity index (χ2n) is 5.21. The molecule has 0 saturated heterocycles. The molecule has 6 nitrogen and oxygen atoms in total. The number of carbonyl (C=O) groups is 1. The van der Waals surface area contributed by atoms with Crippen molar-refractivity contribution < 1.29 is 17.9 Å². The van der Waals surface area contributed by atoms with Gasteiger partial charge in [0, 0.05) is 31.8 Å². The van der Waals surface area contributed by atoms with Crippen LogP contribution in [0, 0.1) is 0 Å². The van der Waals surface area contributed by atoms with Gasteiger partial charge in [-0.2, -0.15) is 0 Å². The Morgan fingerprint density at radius 2 is 1.75 bits per heavy atom. The standard InChI is InChI=1S/C17H20N2O4S/c1-13(20)19(2)15-8-10-16(11-9-15)24(21,22)18-12-14-6-4-5-7-17(14)23-3/h4-11,18H,12H2,1-3H3. The van der Waals surface area contributed by atoms with Gasteiger partial charge >= 0.3 is 0 Å². The van der Waals surface area contributed by atoms with Crippen LogP contribution in [-0.2, 0) is 21.4 Å². The van der Waals surface area contributed by atoms with Crippen LogP contribution in [0.3, 0.4) is 0 Å². The molecule has 0 atom stereocenters. The SMILES string of the molecule is COc1ccccc1CNS(=O)(=O)c1ccc(N(C)C(C)=O)cc1. The van der Waals surface area contributed by atoms with E-state index >= 15 is 0 Å². The lowest BCUT2D eigenvalue weighted by atomic mass is 10.2. The number of benzene rings is 2.